The minimum absolute atomic E-state index is 0.000188. The van der Waals surface area contributed by atoms with Crippen LogP contribution in [-0.2, 0) is 9.59 Å². The molecule has 0 spiro atoms. The van der Waals surface area contributed by atoms with Crippen LogP contribution in [0.15, 0.2) is 12.7 Å². The van der Waals surface area contributed by atoms with E-state index in [-0.39, 0.29) is 29.9 Å². The second kappa shape index (κ2) is 6.33. The van der Waals surface area contributed by atoms with Crippen molar-refractivity contribution >= 4 is 11.8 Å². The number of amides is 2. The van der Waals surface area contributed by atoms with Gasteiger partial charge in [-0.1, -0.05) is 25.3 Å². The number of carbonyl (C=O) groups is 2. The van der Waals surface area contributed by atoms with Crippen molar-refractivity contribution < 1.29 is 9.59 Å². The van der Waals surface area contributed by atoms with Gasteiger partial charge >= 0.3 is 0 Å². The van der Waals surface area contributed by atoms with E-state index < -0.39 is 0 Å². The summed E-state index contributed by atoms with van der Waals surface area (Å²) in [4.78, 5) is 26.0. The zero-order valence-electron chi connectivity index (χ0n) is 11.7. The molecular formula is C15H24N2O2. The maximum atomic E-state index is 12.4. The molecule has 1 saturated carbocycles. The topological polar surface area (TPSA) is 49.4 Å². The predicted molar refractivity (Wildman–Crippen MR) is 74.5 cm³/mol. The molecule has 0 radical (unpaired) electrons. The van der Waals surface area contributed by atoms with Crippen molar-refractivity contribution in [1.29, 1.82) is 0 Å². The third-order valence-corrected chi connectivity index (χ3v) is 4.13. The van der Waals surface area contributed by atoms with E-state index in [1.165, 1.54) is 11.3 Å². The normalized spacial score (nSPS) is 26.8. The quantitative estimate of drug-likeness (QED) is 0.610. The molecule has 1 N–H and O–H groups in total. The van der Waals surface area contributed by atoms with E-state index >= 15 is 0 Å². The fourth-order valence-electron chi connectivity index (χ4n) is 3.17. The van der Waals surface area contributed by atoms with Crippen LogP contribution in [0.25, 0.3) is 0 Å². The molecule has 0 bridgehead atoms. The van der Waals surface area contributed by atoms with E-state index in [0.29, 0.717) is 6.42 Å². The van der Waals surface area contributed by atoms with Crippen LogP contribution in [0.2, 0.25) is 0 Å². The van der Waals surface area contributed by atoms with Gasteiger partial charge in [0, 0.05) is 12.1 Å². The lowest BCUT2D eigenvalue weighted by Gasteiger charge is -2.30. The van der Waals surface area contributed by atoms with E-state index in [1.807, 2.05) is 13.0 Å². The van der Waals surface area contributed by atoms with E-state index in [1.54, 1.807) is 0 Å². The monoisotopic (exact) mass is 264 g/mol. The molecule has 1 aliphatic heterocycles. The molecule has 2 unspecified atom stereocenters. The first kappa shape index (κ1) is 14.3. The third kappa shape index (κ3) is 3.24. The molecule has 19 heavy (non-hydrogen) atoms. The minimum atomic E-state index is -0.329. The van der Waals surface area contributed by atoms with Crippen LogP contribution in [0.4, 0.5) is 0 Å². The molecular weight excluding hydrogens is 240 g/mol. The summed E-state index contributed by atoms with van der Waals surface area (Å²) in [5.41, 5.74) is 0. The predicted octanol–water partition coefficient (Wildman–Crippen LogP) is 2.00. The highest BCUT2D eigenvalue weighted by Gasteiger charge is 2.42. The van der Waals surface area contributed by atoms with Crippen LogP contribution < -0.4 is 5.32 Å². The Balaban J connectivity index is 1.97. The Labute approximate surface area is 115 Å². The van der Waals surface area contributed by atoms with E-state index in [2.05, 4.69) is 11.9 Å². The molecule has 4 nitrogen and oxygen atoms in total. The summed E-state index contributed by atoms with van der Waals surface area (Å²) in [5, 5.41) is 3.25. The number of hydrogen-bond donors (Lipinski definition) is 1. The molecule has 106 valence electrons. The van der Waals surface area contributed by atoms with E-state index in [4.69, 9.17) is 0 Å². The summed E-state index contributed by atoms with van der Waals surface area (Å²) in [6, 6.07) is 0.00481. The lowest BCUT2D eigenvalue weighted by Crippen LogP contribution is -2.46. The summed E-state index contributed by atoms with van der Waals surface area (Å²) in [7, 11) is 0. The number of likely N-dealkylation sites (tertiary alicyclic amines) is 1. The van der Waals surface area contributed by atoms with E-state index in [0.717, 1.165) is 32.1 Å². The SMILES string of the molecule is C=CCC(C)NC1CC(=O)N(C2CCCCC2)C1=O. The van der Waals surface area contributed by atoms with Crippen LogP contribution in [0, 0.1) is 0 Å². The van der Waals surface area contributed by atoms with E-state index in [9.17, 15) is 9.59 Å². The van der Waals surface area contributed by atoms with Crippen molar-refractivity contribution in [3.05, 3.63) is 12.7 Å². The fraction of sp³-hybridized carbons (Fsp3) is 0.733. The summed E-state index contributed by atoms with van der Waals surface area (Å²) in [5.74, 6) is -0.0204. The van der Waals surface area contributed by atoms with Crippen molar-refractivity contribution in [2.45, 2.75) is 70.0 Å². The molecule has 1 heterocycles. The second-order valence-electron chi connectivity index (χ2n) is 5.74. The highest BCUT2D eigenvalue weighted by atomic mass is 16.2. The number of carbonyl (C=O) groups excluding carboxylic acids is 2. The van der Waals surface area contributed by atoms with Gasteiger partial charge in [-0.3, -0.25) is 14.5 Å². The third-order valence-electron chi connectivity index (χ3n) is 4.13. The Morgan fingerprint density at radius 1 is 1.37 bits per heavy atom. The van der Waals surface area contributed by atoms with Gasteiger partial charge in [-0.2, -0.15) is 0 Å². The first-order chi connectivity index (χ1) is 9.13. The maximum absolute atomic E-state index is 12.4. The van der Waals surface area contributed by atoms with Crippen LogP contribution >= 0.6 is 0 Å². The molecule has 2 fully saturated rings. The molecule has 2 atom stereocenters. The highest BCUT2D eigenvalue weighted by molar-refractivity contribution is 6.05. The molecule has 2 amide bonds. The van der Waals surface area contributed by atoms with Gasteiger partial charge < -0.3 is 5.32 Å². The molecule has 0 aromatic rings. The Morgan fingerprint density at radius 3 is 2.68 bits per heavy atom. The van der Waals surface area contributed by atoms with Crippen molar-refractivity contribution in [2.24, 2.45) is 0 Å². The Kier molecular flexibility index (Phi) is 4.75. The van der Waals surface area contributed by atoms with Gasteiger partial charge in [0.1, 0.15) is 0 Å². The molecule has 2 rings (SSSR count). The summed E-state index contributed by atoms with van der Waals surface area (Å²) < 4.78 is 0. The average Bonchev–Trinajstić information content (AvgIpc) is 2.66. The number of nitrogens with zero attached hydrogens (tertiary/aromatic N) is 1. The summed E-state index contributed by atoms with van der Waals surface area (Å²) in [6.07, 6.45) is 8.40. The smallest absolute Gasteiger partial charge is 0.247 e. The number of rotatable bonds is 5. The molecule has 0 aromatic carbocycles. The molecule has 4 heteroatoms. The average molecular weight is 264 g/mol. The number of hydrogen-bond acceptors (Lipinski definition) is 3. The van der Waals surface area contributed by atoms with Gasteiger partial charge in [0.25, 0.3) is 0 Å². The Bertz CT molecular complexity index is 361. The maximum Gasteiger partial charge on any atom is 0.247 e. The van der Waals surface area contributed by atoms with Crippen molar-refractivity contribution in [3.8, 4) is 0 Å². The number of nitrogens with one attached hydrogen (secondary N) is 1. The zero-order chi connectivity index (χ0) is 13.8. The van der Waals surface area contributed by atoms with Crippen molar-refractivity contribution in [1.82, 2.24) is 10.2 Å². The lowest BCUT2D eigenvalue weighted by molar-refractivity contribution is -0.142. The lowest BCUT2D eigenvalue weighted by atomic mass is 9.94. The van der Waals surface area contributed by atoms with Gasteiger partial charge in [0.2, 0.25) is 11.8 Å². The standard InChI is InChI=1S/C15H24N2O2/c1-3-7-11(2)16-13-10-14(18)17(15(13)19)12-8-5-4-6-9-12/h3,11-13,16H,1,4-10H2,2H3. The first-order valence-electron chi connectivity index (χ1n) is 7.36. The highest BCUT2D eigenvalue weighted by Crippen LogP contribution is 2.27. The molecule has 0 aromatic heterocycles. The van der Waals surface area contributed by atoms with Gasteiger partial charge in [0.15, 0.2) is 0 Å². The van der Waals surface area contributed by atoms with Crippen LogP contribution in [0.1, 0.15) is 51.9 Å². The van der Waals surface area contributed by atoms with Gasteiger partial charge in [-0.05, 0) is 26.2 Å². The van der Waals surface area contributed by atoms with Crippen molar-refractivity contribution in [3.63, 3.8) is 0 Å². The largest absolute Gasteiger partial charge is 0.303 e. The summed E-state index contributed by atoms with van der Waals surface area (Å²) >= 11 is 0. The Hall–Kier alpha value is -1.16. The van der Waals surface area contributed by atoms with Gasteiger partial charge in [-0.15, -0.1) is 6.58 Å². The Morgan fingerprint density at radius 2 is 2.05 bits per heavy atom. The molecule has 1 saturated heterocycles. The fourth-order valence-corrected chi connectivity index (χ4v) is 3.17. The first-order valence-corrected chi connectivity index (χ1v) is 7.36. The van der Waals surface area contributed by atoms with Crippen LogP contribution in [0.5, 0.6) is 0 Å². The zero-order valence-corrected chi connectivity index (χ0v) is 11.7. The molecule has 1 aliphatic carbocycles. The second-order valence-corrected chi connectivity index (χ2v) is 5.74. The summed E-state index contributed by atoms with van der Waals surface area (Å²) in [6.45, 7) is 5.71. The minimum Gasteiger partial charge on any atom is -0.303 e. The van der Waals surface area contributed by atoms with Gasteiger partial charge in [0.05, 0.1) is 12.5 Å². The number of imide groups is 1. The van der Waals surface area contributed by atoms with Crippen LogP contribution in [-0.4, -0.2) is 34.8 Å². The van der Waals surface area contributed by atoms with Crippen LogP contribution in [0.3, 0.4) is 0 Å². The molecule has 2 aliphatic rings. The van der Waals surface area contributed by atoms with Crippen molar-refractivity contribution in [2.75, 3.05) is 0 Å². The van der Waals surface area contributed by atoms with Gasteiger partial charge in [-0.25, -0.2) is 0 Å².